The van der Waals surface area contributed by atoms with Gasteiger partial charge in [-0.3, -0.25) is 4.79 Å². The molecule has 8 heteroatoms. The number of nitrogens with zero attached hydrogens (tertiary/aromatic N) is 3. The molecule has 0 radical (unpaired) electrons. The van der Waals surface area contributed by atoms with Gasteiger partial charge in [0.25, 0.3) is 5.91 Å². The number of halogens is 1. The third-order valence-corrected chi connectivity index (χ3v) is 5.56. The van der Waals surface area contributed by atoms with Crippen LogP contribution in [0.1, 0.15) is 22.8 Å². The highest BCUT2D eigenvalue weighted by atomic mass is 32.1. The Labute approximate surface area is 188 Å². The topological polar surface area (TPSA) is 64.0 Å². The second-order valence-electron chi connectivity index (χ2n) is 6.70. The predicted molar refractivity (Wildman–Crippen MR) is 125 cm³/mol. The number of anilines is 1. The number of hydrogen-bond donors (Lipinski definition) is 0. The van der Waals surface area contributed by atoms with Crippen LogP contribution in [0.5, 0.6) is 11.5 Å². The molecule has 0 saturated carbocycles. The largest absolute Gasteiger partial charge is 0.497 e. The molecule has 0 unspecified atom stereocenters. The number of aromatic nitrogens is 1. The third kappa shape index (κ3) is 4.76. The van der Waals surface area contributed by atoms with Crippen LogP contribution >= 0.6 is 11.3 Å². The summed E-state index contributed by atoms with van der Waals surface area (Å²) in [5, 5.41) is 5.98. The van der Waals surface area contributed by atoms with Gasteiger partial charge in [-0.15, -0.1) is 0 Å². The van der Waals surface area contributed by atoms with Gasteiger partial charge in [-0.05, 0) is 79.2 Å². The zero-order valence-electron chi connectivity index (χ0n) is 17.5. The number of fused-ring (bicyclic) bond motifs is 1. The Balaban J connectivity index is 1.69. The number of rotatable bonds is 7. The van der Waals surface area contributed by atoms with E-state index in [1.807, 2.05) is 31.2 Å². The highest BCUT2D eigenvalue weighted by Crippen LogP contribution is 2.31. The van der Waals surface area contributed by atoms with Crippen LogP contribution in [-0.2, 0) is 0 Å². The van der Waals surface area contributed by atoms with Crippen molar-refractivity contribution in [1.29, 1.82) is 0 Å². The molecular formula is C24H20FN3O3S. The average molecular weight is 450 g/mol. The van der Waals surface area contributed by atoms with Gasteiger partial charge in [0.15, 0.2) is 0 Å². The van der Waals surface area contributed by atoms with Crippen molar-refractivity contribution in [2.75, 3.05) is 18.7 Å². The van der Waals surface area contributed by atoms with Crippen molar-refractivity contribution < 1.29 is 18.7 Å². The number of benzene rings is 3. The molecule has 4 aromatic rings. The lowest BCUT2D eigenvalue weighted by Crippen LogP contribution is -2.25. The van der Waals surface area contributed by atoms with E-state index in [9.17, 15) is 9.18 Å². The quantitative estimate of drug-likeness (QED) is 0.275. The fourth-order valence-electron chi connectivity index (χ4n) is 2.96. The summed E-state index contributed by atoms with van der Waals surface area (Å²) >= 11 is 1.19. The van der Waals surface area contributed by atoms with E-state index >= 15 is 0 Å². The first-order valence-corrected chi connectivity index (χ1v) is 10.7. The SMILES string of the molecule is CCOc1ccc(/C=N/N(C(=O)c2ccc(OC)cc2)c2nc3ccc(F)cc3s2)cc1. The summed E-state index contributed by atoms with van der Waals surface area (Å²) in [4.78, 5) is 17.8. The summed E-state index contributed by atoms with van der Waals surface area (Å²) in [7, 11) is 1.56. The number of hydrogen-bond acceptors (Lipinski definition) is 6. The summed E-state index contributed by atoms with van der Waals surface area (Å²) < 4.78 is 24.9. The minimum absolute atomic E-state index is 0.341. The van der Waals surface area contributed by atoms with E-state index < -0.39 is 0 Å². The molecule has 0 bridgehead atoms. The van der Waals surface area contributed by atoms with Crippen molar-refractivity contribution in [2.24, 2.45) is 5.10 Å². The van der Waals surface area contributed by atoms with Crippen molar-refractivity contribution >= 4 is 38.8 Å². The minimum Gasteiger partial charge on any atom is -0.497 e. The number of methoxy groups -OCH3 is 1. The predicted octanol–water partition coefficient (Wildman–Crippen LogP) is 5.52. The third-order valence-electron chi connectivity index (χ3n) is 4.56. The molecule has 32 heavy (non-hydrogen) atoms. The molecule has 0 aliphatic carbocycles. The number of carbonyl (C=O) groups is 1. The van der Waals surface area contributed by atoms with Crippen LogP contribution in [0.4, 0.5) is 9.52 Å². The van der Waals surface area contributed by atoms with Crippen molar-refractivity contribution in [1.82, 2.24) is 4.98 Å². The zero-order valence-corrected chi connectivity index (χ0v) is 18.3. The summed E-state index contributed by atoms with van der Waals surface area (Å²) in [5.41, 5.74) is 1.79. The Hall–Kier alpha value is -3.78. The van der Waals surface area contributed by atoms with Gasteiger partial charge in [0.2, 0.25) is 5.13 Å². The lowest BCUT2D eigenvalue weighted by atomic mass is 10.2. The van der Waals surface area contributed by atoms with Crippen LogP contribution in [0.2, 0.25) is 0 Å². The molecule has 0 aliphatic heterocycles. The smallest absolute Gasteiger partial charge is 0.280 e. The van der Waals surface area contributed by atoms with Gasteiger partial charge in [-0.1, -0.05) is 11.3 Å². The van der Waals surface area contributed by atoms with Crippen LogP contribution < -0.4 is 14.5 Å². The molecule has 6 nitrogen and oxygen atoms in total. The first kappa shape index (κ1) is 21.5. The average Bonchev–Trinajstić information content (AvgIpc) is 3.23. The van der Waals surface area contributed by atoms with E-state index in [2.05, 4.69) is 10.1 Å². The van der Waals surface area contributed by atoms with Gasteiger partial charge in [0, 0.05) is 5.56 Å². The van der Waals surface area contributed by atoms with Gasteiger partial charge >= 0.3 is 0 Å². The molecule has 0 atom stereocenters. The van der Waals surface area contributed by atoms with Gasteiger partial charge in [0.1, 0.15) is 17.3 Å². The number of ether oxygens (including phenoxy) is 2. The summed E-state index contributed by atoms with van der Waals surface area (Å²) in [6, 6.07) is 18.4. The molecule has 0 saturated heterocycles. The van der Waals surface area contributed by atoms with Crippen LogP contribution in [0.3, 0.4) is 0 Å². The molecule has 1 amide bonds. The Morgan fingerprint density at radius 3 is 2.50 bits per heavy atom. The van der Waals surface area contributed by atoms with E-state index in [0.29, 0.717) is 33.3 Å². The Bertz CT molecular complexity index is 1250. The molecule has 0 fully saturated rings. The number of thiazole rings is 1. The first-order chi connectivity index (χ1) is 15.6. The van der Waals surface area contributed by atoms with E-state index in [0.717, 1.165) is 11.3 Å². The van der Waals surface area contributed by atoms with Crippen LogP contribution in [0, 0.1) is 5.82 Å². The number of amides is 1. The summed E-state index contributed by atoms with van der Waals surface area (Å²) in [6.45, 7) is 2.50. The lowest BCUT2D eigenvalue weighted by Gasteiger charge is -2.14. The van der Waals surface area contributed by atoms with E-state index in [4.69, 9.17) is 9.47 Å². The minimum atomic E-state index is -0.366. The van der Waals surface area contributed by atoms with Gasteiger partial charge in [0.05, 0.1) is 30.1 Å². The molecule has 162 valence electrons. The highest BCUT2D eigenvalue weighted by molar-refractivity contribution is 7.22. The molecule has 0 spiro atoms. The normalized spacial score (nSPS) is 11.1. The lowest BCUT2D eigenvalue weighted by molar-refractivity contribution is 0.0988. The monoisotopic (exact) mass is 449 g/mol. The van der Waals surface area contributed by atoms with Crippen molar-refractivity contribution in [3.63, 3.8) is 0 Å². The van der Waals surface area contributed by atoms with E-state index in [-0.39, 0.29) is 11.7 Å². The van der Waals surface area contributed by atoms with E-state index in [1.54, 1.807) is 43.7 Å². The standard InChI is InChI=1S/C24H20FN3O3S/c1-3-31-20-9-4-16(5-10-20)15-26-28(23(29)17-6-11-19(30-2)12-7-17)24-27-21-13-8-18(25)14-22(21)32-24/h4-15H,3H2,1-2H3/b26-15+. The first-order valence-electron chi connectivity index (χ1n) is 9.89. The van der Waals surface area contributed by atoms with Gasteiger partial charge in [-0.25, -0.2) is 9.37 Å². The zero-order chi connectivity index (χ0) is 22.5. The maximum atomic E-state index is 13.6. The van der Waals surface area contributed by atoms with Crippen molar-refractivity contribution in [2.45, 2.75) is 6.92 Å². The Morgan fingerprint density at radius 2 is 1.81 bits per heavy atom. The van der Waals surface area contributed by atoms with Crippen molar-refractivity contribution in [3.05, 3.63) is 83.7 Å². The second kappa shape index (κ2) is 9.57. The molecule has 0 aliphatic rings. The Morgan fingerprint density at radius 1 is 1.09 bits per heavy atom. The molecule has 1 heterocycles. The van der Waals surface area contributed by atoms with E-state index in [1.165, 1.54) is 28.5 Å². The molecule has 1 aromatic heterocycles. The van der Waals surface area contributed by atoms with Crippen molar-refractivity contribution in [3.8, 4) is 11.5 Å². The summed E-state index contributed by atoms with van der Waals surface area (Å²) in [6.07, 6.45) is 1.57. The Kier molecular flexibility index (Phi) is 6.42. The molecule has 4 rings (SSSR count). The molecule has 3 aromatic carbocycles. The number of hydrazone groups is 1. The maximum Gasteiger partial charge on any atom is 0.280 e. The number of carbonyl (C=O) groups excluding carboxylic acids is 1. The fraction of sp³-hybridized carbons (Fsp3) is 0.125. The van der Waals surface area contributed by atoms with Gasteiger partial charge in [-0.2, -0.15) is 10.1 Å². The fourth-order valence-corrected chi connectivity index (χ4v) is 3.91. The maximum absolute atomic E-state index is 13.6. The van der Waals surface area contributed by atoms with Crippen LogP contribution in [0.15, 0.2) is 71.8 Å². The summed E-state index contributed by atoms with van der Waals surface area (Å²) in [5.74, 6) is 0.665. The van der Waals surface area contributed by atoms with Crippen LogP contribution in [-0.4, -0.2) is 30.8 Å². The molecular weight excluding hydrogens is 429 g/mol. The van der Waals surface area contributed by atoms with Crippen LogP contribution in [0.25, 0.3) is 10.2 Å². The van der Waals surface area contributed by atoms with Gasteiger partial charge < -0.3 is 9.47 Å². The second-order valence-corrected chi connectivity index (χ2v) is 7.71. The molecule has 0 N–H and O–H groups in total. The highest BCUT2D eigenvalue weighted by Gasteiger charge is 2.21.